The molecule has 0 bridgehead atoms. The average Bonchev–Trinajstić information content (AvgIpc) is 0.920. The lowest BCUT2D eigenvalue weighted by Gasteiger charge is -2.11. The summed E-state index contributed by atoms with van der Waals surface area (Å²) in [7, 11) is 10.1. The Morgan fingerprint density at radius 2 is 0.840 bits per heavy atom. The van der Waals surface area contributed by atoms with E-state index in [-0.39, 0.29) is 0 Å². The lowest BCUT2D eigenvalue weighted by atomic mass is 9.94. The molecular formula is C76H92N5+5. The van der Waals surface area contributed by atoms with E-state index in [1.165, 1.54) is 74.1 Å². The highest BCUT2D eigenvalue weighted by Gasteiger charge is 2.20. The van der Waals surface area contributed by atoms with Gasteiger partial charge in [0, 0.05) is 95.7 Å². The fraction of sp³-hybridized carbons (Fsp3) is 0.276. The van der Waals surface area contributed by atoms with Crippen molar-refractivity contribution in [1.29, 1.82) is 0 Å². The summed E-state index contributed by atoms with van der Waals surface area (Å²) in [6.07, 6.45) is 9.83. The number of pyridine rings is 5. The molecule has 0 radical (unpaired) electrons. The number of aryl methyl sites for hydroxylation is 13. The molecule has 5 heterocycles. The normalized spacial score (nSPS) is 12.8. The number of nitrogens with zero attached hydrogens (tertiary/aromatic N) is 5. The van der Waals surface area contributed by atoms with Crippen molar-refractivity contribution >= 4 is 0 Å². The maximum absolute atomic E-state index is 8.40. The standard InChI is InChI=1S/2C16H20N.2C15H18N.C14H16N/c1-12(2)14-10-7-11-17(4)16(14)15-9-6-5-8-13(15)3;1-12(2)14-8-9-15(13(3)11-14)16-7-5-6-10-17(16)4;1-4-13-9-7-11-16(3)15(13)14-10-6-5-8-12(14)2;1-4-13-8-9-14(12(2)11-13)15-7-5-6-10-16(15)3;1-11-7-8-13(12(2)10-11)14-6-4-5-9-15(14)3/h2*5-12H,1-4H3;2*5-11H,4H2,1-3H3;4-10H,1-3H3/q5*+1/i1D3,12D;;4D2;;. The van der Waals surface area contributed by atoms with Crippen LogP contribution in [0.4, 0.5) is 0 Å². The predicted molar refractivity (Wildman–Crippen MR) is 341 cm³/mol. The number of benzene rings is 5. The molecule has 10 rings (SSSR count). The van der Waals surface area contributed by atoms with Crippen LogP contribution >= 0.6 is 0 Å². The highest BCUT2D eigenvalue weighted by atomic mass is 14.9. The average molecular weight is 1080 g/mol. The molecule has 0 N–H and O–H groups in total. The van der Waals surface area contributed by atoms with Gasteiger partial charge in [-0.2, -0.15) is 0 Å². The van der Waals surface area contributed by atoms with E-state index in [1.54, 1.807) is 19.1 Å². The van der Waals surface area contributed by atoms with E-state index in [0.717, 1.165) is 45.6 Å². The Morgan fingerprint density at radius 3 is 1.28 bits per heavy atom. The fourth-order valence-electron chi connectivity index (χ4n) is 10.2. The van der Waals surface area contributed by atoms with Gasteiger partial charge < -0.3 is 0 Å². The van der Waals surface area contributed by atoms with E-state index >= 15 is 0 Å². The molecule has 81 heavy (non-hydrogen) atoms. The van der Waals surface area contributed by atoms with Gasteiger partial charge in [-0.05, 0) is 166 Å². The van der Waals surface area contributed by atoms with Crippen LogP contribution in [0.25, 0.3) is 56.3 Å². The second kappa shape index (κ2) is 29.9. The van der Waals surface area contributed by atoms with Crippen LogP contribution in [0.15, 0.2) is 213 Å². The van der Waals surface area contributed by atoms with Crippen molar-refractivity contribution in [3.63, 3.8) is 0 Å². The Morgan fingerprint density at radius 1 is 0.407 bits per heavy atom. The summed E-state index contributed by atoms with van der Waals surface area (Å²) >= 11 is 0. The Bertz CT molecular complexity index is 3930. The van der Waals surface area contributed by atoms with Gasteiger partial charge in [-0.3, -0.25) is 0 Å². The second-order valence-electron chi connectivity index (χ2n) is 21.4. The predicted octanol–water partition coefficient (Wildman–Crippen LogP) is 16.1. The van der Waals surface area contributed by atoms with E-state index in [1.807, 2.05) is 103 Å². The minimum absolute atomic E-state index is 0.516. The molecule has 0 amide bonds. The third-order valence-electron chi connectivity index (χ3n) is 14.8. The molecule has 0 aliphatic carbocycles. The maximum atomic E-state index is 8.40. The fourth-order valence-corrected chi connectivity index (χ4v) is 10.2. The van der Waals surface area contributed by atoms with Crippen molar-refractivity contribution < 1.29 is 31.1 Å². The van der Waals surface area contributed by atoms with Gasteiger partial charge in [0.05, 0.1) is 0 Å². The molecular weight excluding hydrogens is 983 g/mol. The molecule has 0 aliphatic rings. The molecule has 0 saturated carbocycles. The molecule has 5 aromatic heterocycles. The number of hydrogen-bond acceptors (Lipinski definition) is 0. The first-order chi connectivity index (χ1) is 41.1. The van der Waals surface area contributed by atoms with Gasteiger partial charge in [0.25, 0.3) is 0 Å². The summed E-state index contributed by atoms with van der Waals surface area (Å²) in [5.41, 5.74) is 23.1. The summed E-state index contributed by atoms with van der Waals surface area (Å²) in [6, 6.07) is 62.2. The Hall–Kier alpha value is -8.15. The second-order valence-corrected chi connectivity index (χ2v) is 21.4. The molecule has 5 heteroatoms. The number of aromatic nitrogens is 5. The lowest BCUT2D eigenvalue weighted by molar-refractivity contribution is -0.660. The SMILES string of the molecule is CCc1ccc(-c2cccc[n+]2C)c(C)c1.Cc1cc(C(C)C)ccc1-c1cccc[n+]1C.Cc1ccc(-c2cccc[n+]2C)c(C)c1.[2H]C([2H])(C)c1ccc[n+](C)c1-c1ccccc1C.[2H]C([2H])([2H])C([2H])(C)c1ccc[n+](C)c1-c1ccccc1C. The minimum Gasteiger partial charge on any atom is -0.201 e. The first-order valence-corrected chi connectivity index (χ1v) is 28.3. The van der Waals surface area contributed by atoms with Crippen LogP contribution in [-0.2, 0) is 48.0 Å². The summed E-state index contributed by atoms with van der Waals surface area (Å²) in [5.74, 6) is -1.07. The van der Waals surface area contributed by atoms with Gasteiger partial charge in [-0.15, -0.1) is 0 Å². The molecule has 0 saturated heterocycles. The third kappa shape index (κ3) is 16.5. The smallest absolute Gasteiger partial charge is 0.201 e. The zero-order chi connectivity index (χ0) is 64.0. The van der Waals surface area contributed by atoms with Gasteiger partial charge in [0.2, 0.25) is 28.5 Å². The summed E-state index contributed by atoms with van der Waals surface area (Å²) in [5, 5.41) is 0. The van der Waals surface area contributed by atoms with Gasteiger partial charge >= 0.3 is 0 Å². The zero-order valence-electron chi connectivity index (χ0n) is 57.2. The Labute approximate surface area is 496 Å². The maximum Gasteiger partial charge on any atom is 0.215 e. The molecule has 416 valence electrons. The topological polar surface area (TPSA) is 19.4 Å². The van der Waals surface area contributed by atoms with Gasteiger partial charge in [-0.1, -0.05) is 120 Å². The molecule has 5 nitrogen and oxygen atoms in total. The number of rotatable bonds is 9. The molecule has 10 aromatic rings. The van der Waals surface area contributed by atoms with Crippen LogP contribution in [-0.4, -0.2) is 0 Å². The Kier molecular flexibility index (Phi) is 19.7. The van der Waals surface area contributed by atoms with E-state index in [2.05, 4.69) is 218 Å². The van der Waals surface area contributed by atoms with Crippen molar-refractivity contribution in [2.45, 2.75) is 108 Å². The van der Waals surface area contributed by atoms with Crippen LogP contribution in [0.1, 0.15) is 117 Å². The minimum atomic E-state index is -2.39. The molecule has 0 spiro atoms. The van der Waals surface area contributed by atoms with Crippen molar-refractivity contribution in [3.05, 3.63) is 269 Å². The van der Waals surface area contributed by atoms with Crippen molar-refractivity contribution in [2.75, 3.05) is 0 Å². The highest BCUT2D eigenvalue weighted by Crippen LogP contribution is 2.29. The summed E-state index contributed by atoms with van der Waals surface area (Å²) in [4.78, 5) is 0. The Balaban J connectivity index is 0.000000174. The van der Waals surface area contributed by atoms with Crippen molar-refractivity contribution in [2.24, 2.45) is 35.2 Å². The van der Waals surface area contributed by atoms with Gasteiger partial charge in [0.1, 0.15) is 35.2 Å². The quantitative estimate of drug-likeness (QED) is 0.128. The molecule has 0 fully saturated rings. The molecule has 5 aromatic carbocycles. The van der Waals surface area contributed by atoms with Crippen LogP contribution < -0.4 is 22.8 Å². The zero-order valence-corrected chi connectivity index (χ0v) is 51.2. The van der Waals surface area contributed by atoms with E-state index < -0.39 is 19.1 Å². The van der Waals surface area contributed by atoms with E-state index in [0.29, 0.717) is 11.5 Å². The summed E-state index contributed by atoms with van der Waals surface area (Å²) < 4.78 is 57.8. The van der Waals surface area contributed by atoms with Crippen molar-refractivity contribution in [3.8, 4) is 56.3 Å². The van der Waals surface area contributed by atoms with Crippen LogP contribution in [0.3, 0.4) is 0 Å². The van der Waals surface area contributed by atoms with E-state index in [9.17, 15) is 0 Å². The lowest BCUT2D eigenvalue weighted by Crippen LogP contribution is -2.32. The van der Waals surface area contributed by atoms with Gasteiger partial charge in [-0.25, -0.2) is 22.8 Å². The van der Waals surface area contributed by atoms with Gasteiger partial charge in [0.15, 0.2) is 31.0 Å². The van der Waals surface area contributed by atoms with Crippen LogP contribution in [0, 0.1) is 41.5 Å². The molecule has 1 atom stereocenters. The third-order valence-corrected chi connectivity index (χ3v) is 14.8. The summed E-state index contributed by atoms with van der Waals surface area (Å²) in [6.45, 7) is 20.0. The largest absolute Gasteiger partial charge is 0.215 e. The van der Waals surface area contributed by atoms with Crippen molar-refractivity contribution in [1.82, 2.24) is 0 Å². The first kappa shape index (κ1) is 53.5. The number of hydrogen-bond donors (Lipinski definition) is 0. The van der Waals surface area contributed by atoms with Crippen LogP contribution in [0.5, 0.6) is 0 Å². The van der Waals surface area contributed by atoms with E-state index in [4.69, 9.17) is 8.22 Å². The monoisotopic (exact) mass is 1080 g/mol. The molecule has 1 unspecified atom stereocenters. The first-order valence-electron chi connectivity index (χ1n) is 31.3. The highest BCUT2D eigenvalue weighted by molar-refractivity contribution is 5.66. The molecule has 0 aliphatic heterocycles. The van der Waals surface area contributed by atoms with Crippen LogP contribution in [0.2, 0.25) is 0 Å².